The summed E-state index contributed by atoms with van der Waals surface area (Å²) < 4.78 is 12.9. The molecule has 0 fully saturated rings. The third-order valence-electron chi connectivity index (χ3n) is 2.93. The number of hydrogen-bond donors (Lipinski definition) is 2. The highest BCUT2D eigenvalue weighted by atomic mass is 19.1. The Morgan fingerprint density at radius 2 is 2.28 bits per heavy atom. The largest absolute Gasteiger partial charge is 0.325 e. The van der Waals surface area contributed by atoms with Crippen molar-refractivity contribution < 1.29 is 9.18 Å². The molecule has 96 valence electrons. The van der Waals surface area contributed by atoms with Crippen LogP contribution in [0, 0.1) is 5.82 Å². The van der Waals surface area contributed by atoms with Crippen molar-refractivity contribution in [1.82, 2.24) is 5.32 Å². The maximum Gasteiger partial charge on any atom is 0.238 e. The Morgan fingerprint density at radius 1 is 1.39 bits per heavy atom. The maximum absolute atomic E-state index is 12.9. The summed E-state index contributed by atoms with van der Waals surface area (Å²) in [6.07, 6.45) is 7.37. The molecule has 1 aromatic rings. The molecule has 1 aliphatic rings. The number of allylic oxidation sites excluding steroid dienone is 1. The first-order valence-electron chi connectivity index (χ1n) is 6.18. The lowest BCUT2D eigenvalue weighted by Gasteiger charge is -2.19. The molecule has 1 aliphatic carbocycles. The number of halogens is 1. The first-order valence-corrected chi connectivity index (χ1v) is 6.18. The molecular formula is C14H17FN2O. The topological polar surface area (TPSA) is 41.1 Å². The van der Waals surface area contributed by atoms with Gasteiger partial charge in [0.1, 0.15) is 5.82 Å². The molecule has 0 radical (unpaired) electrons. The maximum atomic E-state index is 12.9. The van der Waals surface area contributed by atoms with Gasteiger partial charge < -0.3 is 10.6 Å². The van der Waals surface area contributed by atoms with Gasteiger partial charge in [0.05, 0.1) is 6.54 Å². The fourth-order valence-electron chi connectivity index (χ4n) is 1.99. The summed E-state index contributed by atoms with van der Waals surface area (Å²) in [4.78, 5) is 11.7. The van der Waals surface area contributed by atoms with E-state index in [1.165, 1.54) is 12.1 Å². The zero-order valence-electron chi connectivity index (χ0n) is 10.2. The van der Waals surface area contributed by atoms with E-state index < -0.39 is 0 Å². The average molecular weight is 248 g/mol. The molecule has 1 atom stereocenters. The molecule has 2 rings (SSSR count). The normalized spacial score (nSPS) is 18.6. The monoisotopic (exact) mass is 248 g/mol. The lowest BCUT2D eigenvalue weighted by molar-refractivity contribution is -0.115. The van der Waals surface area contributed by atoms with Gasteiger partial charge in [0.15, 0.2) is 0 Å². The van der Waals surface area contributed by atoms with Gasteiger partial charge >= 0.3 is 0 Å². The van der Waals surface area contributed by atoms with E-state index in [0.29, 0.717) is 11.7 Å². The zero-order valence-corrected chi connectivity index (χ0v) is 10.2. The second-order valence-electron chi connectivity index (χ2n) is 4.42. The van der Waals surface area contributed by atoms with Crippen molar-refractivity contribution in [2.75, 3.05) is 11.9 Å². The van der Waals surface area contributed by atoms with Crippen LogP contribution in [0.3, 0.4) is 0 Å². The van der Waals surface area contributed by atoms with Crippen LogP contribution in [0.2, 0.25) is 0 Å². The summed E-state index contributed by atoms with van der Waals surface area (Å²) in [5.74, 6) is -0.492. The summed E-state index contributed by atoms with van der Waals surface area (Å²) in [5, 5.41) is 5.86. The number of carbonyl (C=O) groups is 1. The standard InChI is InChI=1S/C14H17FN2O/c15-11-5-4-8-13(9-11)17-14(18)10-16-12-6-2-1-3-7-12/h1-2,4-5,8-9,12,16H,3,6-7,10H2,(H,17,18). The molecule has 2 N–H and O–H groups in total. The smallest absolute Gasteiger partial charge is 0.238 e. The van der Waals surface area contributed by atoms with Crippen LogP contribution in [0.5, 0.6) is 0 Å². The van der Waals surface area contributed by atoms with Gasteiger partial charge in [-0.2, -0.15) is 0 Å². The summed E-state index contributed by atoms with van der Waals surface area (Å²) >= 11 is 0. The van der Waals surface area contributed by atoms with Crippen LogP contribution < -0.4 is 10.6 Å². The minimum Gasteiger partial charge on any atom is -0.325 e. The molecule has 18 heavy (non-hydrogen) atoms. The summed E-state index contributed by atoms with van der Waals surface area (Å²) in [7, 11) is 0. The van der Waals surface area contributed by atoms with Crippen molar-refractivity contribution in [2.45, 2.75) is 25.3 Å². The fourth-order valence-corrected chi connectivity index (χ4v) is 1.99. The lowest BCUT2D eigenvalue weighted by Crippen LogP contribution is -2.36. The Bertz CT molecular complexity index is 445. The average Bonchev–Trinajstić information content (AvgIpc) is 2.38. The van der Waals surface area contributed by atoms with E-state index >= 15 is 0 Å². The number of anilines is 1. The van der Waals surface area contributed by atoms with Crippen molar-refractivity contribution >= 4 is 11.6 Å². The van der Waals surface area contributed by atoms with Gasteiger partial charge in [0, 0.05) is 11.7 Å². The van der Waals surface area contributed by atoms with Crippen molar-refractivity contribution in [3.05, 3.63) is 42.2 Å². The van der Waals surface area contributed by atoms with Crippen LogP contribution in [-0.4, -0.2) is 18.5 Å². The van der Waals surface area contributed by atoms with Crippen LogP contribution in [0.15, 0.2) is 36.4 Å². The first-order chi connectivity index (χ1) is 8.74. The van der Waals surface area contributed by atoms with E-state index in [1.807, 2.05) is 0 Å². The van der Waals surface area contributed by atoms with Gasteiger partial charge in [-0.15, -0.1) is 0 Å². The molecule has 4 heteroatoms. The third-order valence-corrected chi connectivity index (χ3v) is 2.93. The highest BCUT2D eigenvalue weighted by Gasteiger charge is 2.10. The molecule has 0 saturated heterocycles. The quantitative estimate of drug-likeness (QED) is 0.804. The molecule has 0 bridgehead atoms. The fraction of sp³-hybridized carbons (Fsp3) is 0.357. The Kier molecular flexibility index (Phi) is 4.47. The predicted molar refractivity (Wildman–Crippen MR) is 69.8 cm³/mol. The number of hydrogen-bond acceptors (Lipinski definition) is 2. The van der Waals surface area contributed by atoms with Crippen LogP contribution in [0.1, 0.15) is 19.3 Å². The molecule has 0 aliphatic heterocycles. The Balaban J connectivity index is 1.76. The van der Waals surface area contributed by atoms with Crippen LogP contribution in [0.25, 0.3) is 0 Å². The van der Waals surface area contributed by atoms with E-state index in [-0.39, 0.29) is 18.3 Å². The molecule has 0 aromatic heterocycles. The SMILES string of the molecule is O=C(CNC1CC=CCC1)Nc1cccc(F)c1. The molecular weight excluding hydrogens is 231 g/mol. The van der Waals surface area contributed by atoms with Gasteiger partial charge in [-0.05, 0) is 37.5 Å². The lowest BCUT2D eigenvalue weighted by atomic mass is 10.0. The highest BCUT2D eigenvalue weighted by molar-refractivity contribution is 5.92. The number of rotatable bonds is 4. The summed E-state index contributed by atoms with van der Waals surface area (Å²) in [6.45, 7) is 0.259. The van der Waals surface area contributed by atoms with Gasteiger partial charge in [-0.1, -0.05) is 18.2 Å². The van der Waals surface area contributed by atoms with Crippen molar-refractivity contribution in [3.8, 4) is 0 Å². The van der Waals surface area contributed by atoms with Gasteiger partial charge in [0.2, 0.25) is 5.91 Å². The Labute approximate surface area is 106 Å². The number of benzene rings is 1. The zero-order chi connectivity index (χ0) is 12.8. The summed E-state index contributed by atoms with van der Waals surface area (Å²) in [5.41, 5.74) is 0.491. The first kappa shape index (κ1) is 12.8. The molecule has 3 nitrogen and oxygen atoms in total. The van der Waals surface area contributed by atoms with E-state index in [9.17, 15) is 9.18 Å². The molecule has 0 saturated carbocycles. The van der Waals surface area contributed by atoms with E-state index in [0.717, 1.165) is 19.3 Å². The number of nitrogens with one attached hydrogen (secondary N) is 2. The highest BCUT2D eigenvalue weighted by Crippen LogP contribution is 2.11. The second kappa shape index (κ2) is 6.31. The molecule has 1 unspecified atom stereocenters. The van der Waals surface area contributed by atoms with Crippen LogP contribution in [0.4, 0.5) is 10.1 Å². The third kappa shape index (κ3) is 3.96. The van der Waals surface area contributed by atoms with Gasteiger partial charge in [-0.25, -0.2) is 4.39 Å². The predicted octanol–water partition coefficient (Wildman–Crippen LogP) is 2.46. The molecule has 0 spiro atoms. The van der Waals surface area contributed by atoms with Crippen molar-refractivity contribution in [2.24, 2.45) is 0 Å². The number of carbonyl (C=O) groups excluding carboxylic acids is 1. The summed E-state index contributed by atoms with van der Waals surface area (Å²) in [6, 6.07) is 6.27. The molecule has 1 amide bonds. The van der Waals surface area contributed by atoms with Gasteiger partial charge in [0.25, 0.3) is 0 Å². The van der Waals surface area contributed by atoms with Crippen LogP contribution >= 0.6 is 0 Å². The van der Waals surface area contributed by atoms with E-state index in [2.05, 4.69) is 22.8 Å². The minimum atomic E-state index is -0.349. The minimum absolute atomic E-state index is 0.143. The van der Waals surface area contributed by atoms with Crippen LogP contribution in [-0.2, 0) is 4.79 Å². The van der Waals surface area contributed by atoms with Gasteiger partial charge in [-0.3, -0.25) is 4.79 Å². The molecule has 1 aromatic carbocycles. The van der Waals surface area contributed by atoms with E-state index in [1.54, 1.807) is 12.1 Å². The number of amides is 1. The van der Waals surface area contributed by atoms with E-state index in [4.69, 9.17) is 0 Å². The van der Waals surface area contributed by atoms with Crippen molar-refractivity contribution in [1.29, 1.82) is 0 Å². The second-order valence-corrected chi connectivity index (χ2v) is 4.42. The Morgan fingerprint density at radius 3 is 3.00 bits per heavy atom. The molecule has 0 heterocycles. The Hall–Kier alpha value is -1.68. The van der Waals surface area contributed by atoms with Crippen molar-refractivity contribution in [3.63, 3.8) is 0 Å².